The summed E-state index contributed by atoms with van der Waals surface area (Å²) in [7, 11) is -7.87. The van der Waals surface area contributed by atoms with Gasteiger partial charge in [-0.2, -0.15) is 13.1 Å². The Hall–Kier alpha value is -3.11. The summed E-state index contributed by atoms with van der Waals surface area (Å²) in [5.41, 5.74) is -0.237. The van der Waals surface area contributed by atoms with Crippen LogP contribution in [0.2, 0.25) is 0 Å². The van der Waals surface area contributed by atoms with Crippen molar-refractivity contribution in [2.75, 3.05) is 4.72 Å². The van der Waals surface area contributed by atoms with Crippen LogP contribution in [0.3, 0.4) is 0 Å². The first kappa shape index (κ1) is 18.7. The van der Waals surface area contributed by atoms with Gasteiger partial charge in [0, 0.05) is 0 Å². The Bertz CT molecular complexity index is 1220. The Morgan fingerprint density at radius 3 is 1.89 bits per heavy atom. The molecule has 3 rings (SSSR count). The third-order valence-electron chi connectivity index (χ3n) is 3.47. The van der Waals surface area contributed by atoms with E-state index in [0.29, 0.717) is 4.73 Å². The van der Waals surface area contributed by atoms with Gasteiger partial charge in [0.05, 0.1) is 21.7 Å². The molecule has 0 aliphatic rings. The maximum atomic E-state index is 12.3. The molecule has 3 aromatic rings. The van der Waals surface area contributed by atoms with E-state index in [-0.39, 0.29) is 21.0 Å². The summed E-state index contributed by atoms with van der Waals surface area (Å²) in [6.45, 7) is 0. The van der Waals surface area contributed by atoms with E-state index in [9.17, 15) is 22.0 Å². The number of nitrogens with zero attached hydrogens (tertiary/aromatic N) is 2. The largest absolute Gasteiger partial charge is 0.427 e. The zero-order valence-corrected chi connectivity index (χ0v) is 15.4. The van der Waals surface area contributed by atoms with Crippen LogP contribution in [-0.2, 0) is 20.0 Å². The van der Waals surface area contributed by atoms with Crippen LogP contribution in [0.15, 0.2) is 93.2 Å². The monoisotopic (exact) mass is 405 g/mol. The number of hydrogen-bond acceptors (Lipinski definition) is 5. The molecule has 1 aromatic heterocycles. The highest BCUT2D eigenvalue weighted by molar-refractivity contribution is 7.92. The molecule has 0 atom stereocenters. The van der Waals surface area contributed by atoms with Gasteiger partial charge in [0.2, 0.25) is 0 Å². The number of nitrogens with one attached hydrogen (secondary N) is 1. The number of hydrogen-bond donors (Lipinski definition) is 2. The second-order valence-corrected chi connectivity index (χ2v) is 8.71. The summed E-state index contributed by atoms with van der Waals surface area (Å²) in [5, 5.41) is 9.99. The molecule has 140 valence electrons. The molecule has 1 heterocycles. The molecule has 0 fully saturated rings. The zero-order chi connectivity index (χ0) is 19.5. The van der Waals surface area contributed by atoms with E-state index in [2.05, 4.69) is 9.12 Å². The normalized spacial score (nSPS) is 12.7. The molecule has 27 heavy (non-hydrogen) atoms. The van der Waals surface area contributed by atoms with Crippen molar-refractivity contribution in [2.45, 2.75) is 9.79 Å². The van der Waals surface area contributed by atoms with E-state index in [1.165, 1.54) is 36.4 Å². The van der Waals surface area contributed by atoms with Crippen molar-refractivity contribution < 1.29 is 22.0 Å². The van der Waals surface area contributed by atoms with Gasteiger partial charge in [0.1, 0.15) is 0 Å². The van der Waals surface area contributed by atoms with Gasteiger partial charge in [0.25, 0.3) is 20.0 Å². The van der Waals surface area contributed by atoms with E-state index in [4.69, 9.17) is 0 Å². The molecular weight excluding hydrogens is 390 g/mol. The number of anilines is 1. The molecule has 0 unspecified atom stereocenters. The lowest BCUT2D eigenvalue weighted by atomic mass is 10.4. The Kier molecular flexibility index (Phi) is 5.02. The third kappa shape index (κ3) is 4.36. The van der Waals surface area contributed by atoms with Crippen LogP contribution in [0.5, 0.6) is 0 Å². The maximum absolute atomic E-state index is 12.3. The quantitative estimate of drug-likeness (QED) is 0.628. The third-order valence-corrected chi connectivity index (χ3v) is 6.16. The smallest absolute Gasteiger partial charge is 0.284 e. The molecule has 0 bridgehead atoms. The molecule has 2 N–H and O–H groups in total. The number of pyridine rings is 1. The number of benzene rings is 2. The van der Waals surface area contributed by atoms with Gasteiger partial charge in [-0.15, -0.1) is 4.40 Å². The summed E-state index contributed by atoms with van der Waals surface area (Å²) < 4.78 is 55.4. The van der Waals surface area contributed by atoms with Gasteiger partial charge in [-0.3, -0.25) is 4.72 Å². The summed E-state index contributed by atoms with van der Waals surface area (Å²) in [5.74, 6) is 0. The molecule has 2 aromatic carbocycles. The topological polar surface area (TPSA) is 118 Å². The van der Waals surface area contributed by atoms with Crippen molar-refractivity contribution in [2.24, 2.45) is 4.40 Å². The minimum absolute atomic E-state index is 0.0288. The lowest BCUT2D eigenvalue weighted by Gasteiger charge is -2.09. The summed E-state index contributed by atoms with van der Waals surface area (Å²) in [6.07, 6.45) is 1.01. The predicted molar refractivity (Wildman–Crippen MR) is 98.1 cm³/mol. The van der Waals surface area contributed by atoms with Crippen molar-refractivity contribution in [3.05, 3.63) is 84.5 Å². The number of rotatable bonds is 5. The highest BCUT2D eigenvalue weighted by Crippen LogP contribution is 2.14. The Morgan fingerprint density at radius 1 is 0.778 bits per heavy atom. The van der Waals surface area contributed by atoms with Crippen LogP contribution < -0.4 is 10.2 Å². The summed E-state index contributed by atoms with van der Waals surface area (Å²) in [4.78, 5) is 0.0220. The van der Waals surface area contributed by atoms with Gasteiger partial charge >= 0.3 is 0 Å². The first-order chi connectivity index (χ1) is 12.8. The van der Waals surface area contributed by atoms with Gasteiger partial charge in [-0.1, -0.05) is 36.4 Å². The van der Waals surface area contributed by atoms with E-state index >= 15 is 0 Å². The first-order valence-electron chi connectivity index (χ1n) is 7.64. The van der Waals surface area contributed by atoms with Crippen LogP contribution in [0.1, 0.15) is 0 Å². The highest BCUT2D eigenvalue weighted by Gasteiger charge is 2.15. The second kappa shape index (κ2) is 7.25. The summed E-state index contributed by atoms with van der Waals surface area (Å²) in [6, 6.07) is 17.7. The molecule has 0 saturated carbocycles. The highest BCUT2D eigenvalue weighted by atomic mass is 32.2. The Morgan fingerprint density at radius 2 is 1.33 bits per heavy atom. The molecule has 10 heteroatoms. The van der Waals surface area contributed by atoms with Crippen molar-refractivity contribution in [3.63, 3.8) is 0 Å². The van der Waals surface area contributed by atoms with Crippen LogP contribution in [0, 0.1) is 0 Å². The fourth-order valence-electron chi connectivity index (χ4n) is 2.20. The second-order valence-electron chi connectivity index (χ2n) is 5.42. The fourth-order valence-corrected chi connectivity index (χ4v) is 4.26. The average molecular weight is 405 g/mol. The molecule has 8 nitrogen and oxygen atoms in total. The van der Waals surface area contributed by atoms with Crippen LogP contribution in [0.25, 0.3) is 0 Å². The minimum Gasteiger partial charge on any atom is -0.427 e. The maximum Gasteiger partial charge on any atom is 0.284 e. The van der Waals surface area contributed by atoms with Crippen LogP contribution in [0.4, 0.5) is 5.69 Å². The predicted octanol–water partition coefficient (Wildman–Crippen LogP) is 1.82. The number of sulfonamides is 2. The average Bonchev–Trinajstić information content (AvgIpc) is 2.65. The van der Waals surface area contributed by atoms with Crippen molar-refractivity contribution >= 4 is 25.7 Å². The van der Waals surface area contributed by atoms with E-state index in [1.54, 1.807) is 36.4 Å². The van der Waals surface area contributed by atoms with Gasteiger partial charge in [0.15, 0.2) is 5.49 Å². The summed E-state index contributed by atoms with van der Waals surface area (Å²) >= 11 is 0. The molecule has 0 aliphatic carbocycles. The lowest BCUT2D eigenvalue weighted by molar-refractivity contribution is 0.173. The van der Waals surface area contributed by atoms with Crippen LogP contribution >= 0.6 is 0 Å². The first-order valence-corrected chi connectivity index (χ1v) is 10.6. The standard InChI is InChI=1S/C17H15N3O5S2/c21-20-13-14(18-26(22,23)15-7-3-1-4-8-15)11-12-17(20)19-27(24,25)16-9-5-2-6-10-16/h1-13,18,21H/b19-17-. The van der Waals surface area contributed by atoms with Crippen LogP contribution in [-0.4, -0.2) is 26.8 Å². The van der Waals surface area contributed by atoms with Crippen molar-refractivity contribution in [3.8, 4) is 0 Å². The molecule has 0 radical (unpaired) electrons. The Labute approximate surface area is 156 Å². The SMILES string of the molecule is O=S(=O)(/N=c1/ccc(NS(=O)(=O)c2ccccc2)cn1O)c1ccccc1. The number of aromatic nitrogens is 1. The van der Waals surface area contributed by atoms with E-state index in [0.717, 1.165) is 6.20 Å². The zero-order valence-electron chi connectivity index (χ0n) is 13.8. The Balaban J connectivity index is 1.93. The van der Waals surface area contributed by atoms with Crippen molar-refractivity contribution in [1.82, 2.24) is 4.73 Å². The molecular formula is C17H15N3O5S2. The van der Waals surface area contributed by atoms with E-state index < -0.39 is 20.0 Å². The molecule has 0 saturated heterocycles. The molecule has 0 aliphatic heterocycles. The lowest BCUT2D eigenvalue weighted by Crippen LogP contribution is -2.22. The van der Waals surface area contributed by atoms with Gasteiger partial charge in [-0.05, 0) is 36.4 Å². The fraction of sp³-hybridized carbons (Fsp3) is 0. The molecule has 0 amide bonds. The minimum atomic E-state index is -4.02. The van der Waals surface area contributed by atoms with Crippen molar-refractivity contribution in [1.29, 1.82) is 0 Å². The van der Waals surface area contributed by atoms with E-state index in [1.807, 2.05) is 0 Å². The van der Waals surface area contributed by atoms with Gasteiger partial charge in [-0.25, -0.2) is 8.42 Å². The van der Waals surface area contributed by atoms with Gasteiger partial charge < -0.3 is 5.21 Å². The molecule has 0 spiro atoms.